The van der Waals surface area contributed by atoms with Gasteiger partial charge in [-0.15, -0.1) is 11.8 Å². The molecule has 5 rings (SSSR count). The van der Waals surface area contributed by atoms with Crippen molar-refractivity contribution in [3.8, 4) is 0 Å². The Morgan fingerprint density at radius 3 is 2.51 bits per heavy atom. The van der Waals surface area contributed by atoms with Crippen LogP contribution in [0.25, 0.3) is 0 Å². The highest BCUT2D eigenvalue weighted by molar-refractivity contribution is 8.02. The van der Waals surface area contributed by atoms with Crippen molar-refractivity contribution in [2.75, 3.05) is 38.2 Å². The zero-order valence-electron chi connectivity index (χ0n) is 21.5. The van der Waals surface area contributed by atoms with Crippen molar-refractivity contribution in [1.82, 2.24) is 9.80 Å². The summed E-state index contributed by atoms with van der Waals surface area (Å²) in [7, 11) is 1.77. The van der Waals surface area contributed by atoms with Gasteiger partial charge in [0.2, 0.25) is 11.8 Å². The highest BCUT2D eigenvalue weighted by atomic mass is 35.5. The molecule has 1 spiro atoms. The number of hydrogen-bond acceptors (Lipinski definition) is 5. The van der Waals surface area contributed by atoms with Gasteiger partial charge in [-0.2, -0.15) is 0 Å². The number of thioether (sulfide) groups is 1. The Kier molecular flexibility index (Phi) is 6.96. The molecule has 4 aliphatic rings. The Balaban J connectivity index is 1.63. The Labute approximate surface area is 227 Å². The molecule has 37 heavy (non-hydrogen) atoms. The van der Waals surface area contributed by atoms with Crippen LogP contribution in [0, 0.1) is 18.8 Å². The second kappa shape index (κ2) is 9.79. The van der Waals surface area contributed by atoms with Crippen LogP contribution in [-0.4, -0.2) is 81.5 Å². The van der Waals surface area contributed by atoms with E-state index in [2.05, 4.69) is 6.08 Å². The molecule has 1 aromatic carbocycles. The third kappa shape index (κ3) is 4.03. The molecule has 3 amide bonds. The van der Waals surface area contributed by atoms with Gasteiger partial charge in [0.05, 0.1) is 27.3 Å². The number of aliphatic hydroxyl groups is 1. The molecule has 1 unspecified atom stereocenters. The summed E-state index contributed by atoms with van der Waals surface area (Å²) >= 11 is 8.19. The minimum atomic E-state index is -0.868. The Hall–Kier alpha value is -2.29. The van der Waals surface area contributed by atoms with Gasteiger partial charge >= 0.3 is 0 Å². The van der Waals surface area contributed by atoms with Gasteiger partial charge in [-0.05, 0) is 44.7 Å². The van der Waals surface area contributed by atoms with E-state index in [9.17, 15) is 19.5 Å². The third-order valence-electron chi connectivity index (χ3n) is 8.27. The van der Waals surface area contributed by atoms with E-state index in [0.29, 0.717) is 43.2 Å². The summed E-state index contributed by atoms with van der Waals surface area (Å²) in [5.41, 5.74) is 1.54. The lowest BCUT2D eigenvalue weighted by Gasteiger charge is -2.37. The van der Waals surface area contributed by atoms with Gasteiger partial charge in [0, 0.05) is 38.0 Å². The second-order valence-electron chi connectivity index (χ2n) is 10.7. The van der Waals surface area contributed by atoms with Crippen LogP contribution in [0.5, 0.6) is 0 Å². The van der Waals surface area contributed by atoms with Crippen molar-refractivity contribution in [3.05, 3.63) is 53.1 Å². The standard InChI is InChI=1S/C28H34ClN3O4S/c1-18-10-7-11-19(29)22(18)31-16-9-13-28-21(20-24(34)30(3)14-8-12-27(20,2)37-28)25(35)32(23(28)26(31)36)15-5-4-6-17-33/h7-13,20-21,23,33H,4-6,14-17H2,1-3H3/t20-,21-,23?,27+,28-/m0/s1. The first-order valence-corrected chi connectivity index (χ1v) is 14.1. The Bertz CT molecular complexity index is 1170. The van der Waals surface area contributed by atoms with Gasteiger partial charge in [-0.3, -0.25) is 14.4 Å². The summed E-state index contributed by atoms with van der Waals surface area (Å²) < 4.78 is -1.48. The predicted molar refractivity (Wildman–Crippen MR) is 147 cm³/mol. The molecule has 0 aromatic heterocycles. The van der Waals surface area contributed by atoms with E-state index in [4.69, 9.17) is 11.6 Å². The van der Waals surface area contributed by atoms with Crippen LogP contribution in [0.1, 0.15) is 31.7 Å². The van der Waals surface area contributed by atoms with E-state index in [1.54, 1.807) is 39.6 Å². The number of amides is 3. The molecule has 0 bridgehead atoms. The number of rotatable bonds is 6. The fraction of sp³-hybridized carbons (Fsp3) is 0.536. The molecule has 0 radical (unpaired) electrons. The third-order valence-corrected chi connectivity index (χ3v) is 10.4. The molecule has 0 aliphatic carbocycles. The first-order valence-electron chi connectivity index (χ1n) is 12.9. The fourth-order valence-electron chi connectivity index (χ4n) is 6.62. The lowest BCUT2D eigenvalue weighted by molar-refractivity contribution is -0.143. The largest absolute Gasteiger partial charge is 0.396 e. The number of para-hydroxylation sites is 1. The van der Waals surface area contributed by atoms with Crippen LogP contribution in [0.2, 0.25) is 5.02 Å². The molecular weight excluding hydrogens is 510 g/mol. The first kappa shape index (κ1) is 26.3. The van der Waals surface area contributed by atoms with Crippen molar-refractivity contribution in [1.29, 1.82) is 0 Å². The second-order valence-corrected chi connectivity index (χ2v) is 12.9. The molecule has 1 aromatic rings. The zero-order valence-corrected chi connectivity index (χ0v) is 23.1. The van der Waals surface area contributed by atoms with Crippen LogP contribution in [0.3, 0.4) is 0 Å². The van der Waals surface area contributed by atoms with Crippen LogP contribution in [-0.2, 0) is 14.4 Å². The molecule has 7 nitrogen and oxygen atoms in total. The summed E-state index contributed by atoms with van der Waals surface area (Å²) in [6.45, 7) is 5.29. The van der Waals surface area contributed by atoms with E-state index < -0.39 is 27.4 Å². The first-order chi connectivity index (χ1) is 17.7. The average molecular weight is 544 g/mol. The van der Waals surface area contributed by atoms with Crippen molar-refractivity contribution in [3.63, 3.8) is 0 Å². The van der Waals surface area contributed by atoms with E-state index in [0.717, 1.165) is 12.0 Å². The summed E-state index contributed by atoms with van der Waals surface area (Å²) in [4.78, 5) is 47.5. The average Bonchev–Trinajstić information content (AvgIpc) is 3.12. The van der Waals surface area contributed by atoms with E-state index in [-0.39, 0.29) is 24.3 Å². The van der Waals surface area contributed by atoms with E-state index in [1.807, 2.05) is 44.2 Å². The van der Waals surface area contributed by atoms with E-state index >= 15 is 0 Å². The van der Waals surface area contributed by atoms with Gasteiger partial charge in [0.15, 0.2) is 0 Å². The number of carbonyl (C=O) groups excluding carboxylic acids is 3. The highest BCUT2D eigenvalue weighted by Crippen LogP contribution is 2.65. The molecule has 198 valence electrons. The fourth-order valence-corrected chi connectivity index (χ4v) is 9.10. The lowest BCUT2D eigenvalue weighted by atomic mass is 9.74. The number of nitrogens with zero attached hydrogens (tertiary/aromatic N) is 3. The maximum absolute atomic E-state index is 14.5. The number of hydrogen-bond donors (Lipinski definition) is 1. The highest BCUT2D eigenvalue weighted by Gasteiger charge is 2.73. The number of carbonyl (C=O) groups is 3. The number of benzene rings is 1. The van der Waals surface area contributed by atoms with Crippen LogP contribution in [0.4, 0.5) is 5.69 Å². The minimum Gasteiger partial charge on any atom is -0.396 e. The molecule has 2 fully saturated rings. The van der Waals surface area contributed by atoms with Crippen LogP contribution >= 0.6 is 23.4 Å². The molecule has 2 saturated heterocycles. The quantitative estimate of drug-likeness (QED) is 0.439. The number of unbranched alkanes of at least 4 members (excludes halogenated alkanes) is 2. The number of aliphatic hydroxyl groups excluding tert-OH is 1. The number of halogens is 1. The SMILES string of the molecule is Cc1cccc(Cl)c1N1CC=C[C@]23S[C@]4(C)C=CCN(C)C(=O)[C@@H]4[C@H]2C(=O)N(CCCCCO)C3C1=O. The van der Waals surface area contributed by atoms with Crippen molar-refractivity contribution < 1.29 is 19.5 Å². The van der Waals surface area contributed by atoms with Crippen molar-refractivity contribution in [2.45, 2.75) is 48.6 Å². The molecule has 9 heteroatoms. The van der Waals surface area contributed by atoms with Crippen LogP contribution in [0.15, 0.2) is 42.5 Å². The maximum Gasteiger partial charge on any atom is 0.251 e. The molecule has 4 aliphatic heterocycles. The topological polar surface area (TPSA) is 81.2 Å². The number of anilines is 1. The van der Waals surface area contributed by atoms with Gasteiger partial charge < -0.3 is 19.8 Å². The van der Waals surface area contributed by atoms with Gasteiger partial charge in [-0.25, -0.2) is 0 Å². The molecular formula is C28H34ClN3O4S. The normalized spacial score (nSPS) is 32.9. The Morgan fingerprint density at radius 1 is 1.03 bits per heavy atom. The van der Waals surface area contributed by atoms with Gasteiger partial charge in [0.1, 0.15) is 6.04 Å². The smallest absolute Gasteiger partial charge is 0.251 e. The summed E-state index contributed by atoms with van der Waals surface area (Å²) in [5.74, 6) is -1.57. The molecule has 0 saturated carbocycles. The monoisotopic (exact) mass is 543 g/mol. The maximum atomic E-state index is 14.5. The molecule has 1 N–H and O–H groups in total. The zero-order chi connectivity index (χ0) is 26.5. The van der Waals surface area contributed by atoms with Crippen molar-refractivity contribution >= 4 is 46.8 Å². The molecule has 5 atom stereocenters. The Morgan fingerprint density at radius 2 is 1.78 bits per heavy atom. The van der Waals surface area contributed by atoms with Gasteiger partial charge in [0.25, 0.3) is 5.91 Å². The molecule has 4 heterocycles. The van der Waals surface area contributed by atoms with Crippen molar-refractivity contribution in [2.24, 2.45) is 11.8 Å². The number of fused-ring (bicyclic) bond motifs is 2. The number of likely N-dealkylation sites (N-methyl/N-ethyl adjacent to an activating group) is 1. The lowest BCUT2D eigenvalue weighted by Crippen LogP contribution is -2.53. The minimum absolute atomic E-state index is 0.0556. The number of likely N-dealkylation sites (tertiary alicyclic amines) is 1. The van der Waals surface area contributed by atoms with Crippen LogP contribution < -0.4 is 4.90 Å². The summed E-state index contributed by atoms with van der Waals surface area (Å²) in [6, 6.07) is 4.81. The predicted octanol–water partition coefficient (Wildman–Crippen LogP) is 3.43. The summed E-state index contributed by atoms with van der Waals surface area (Å²) in [5, 5.41) is 9.73. The van der Waals surface area contributed by atoms with Gasteiger partial charge in [-0.1, -0.05) is 48.0 Å². The van der Waals surface area contributed by atoms with E-state index in [1.165, 1.54) is 0 Å². The number of aryl methyl sites for hydroxylation is 1. The summed E-state index contributed by atoms with van der Waals surface area (Å²) in [6.07, 6.45) is 10.1.